The van der Waals surface area contributed by atoms with Crippen molar-refractivity contribution in [2.45, 2.75) is 56.1 Å². The predicted molar refractivity (Wildman–Crippen MR) is 108 cm³/mol. The maximum absolute atomic E-state index is 12.6. The third-order valence-corrected chi connectivity index (χ3v) is 9.18. The van der Waals surface area contributed by atoms with Gasteiger partial charge < -0.3 is 4.74 Å². The Bertz CT molecular complexity index is 887. The summed E-state index contributed by atoms with van der Waals surface area (Å²) in [4.78, 5) is 0.225. The molecular weight excluding hydrogens is 400 g/mol. The first-order valence-electron chi connectivity index (χ1n) is 9.96. The first kappa shape index (κ1) is 21.5. The van der Waals surface area contributed by atoms with Gasteiger partial charge in [0.25, 0.3) is 0 Å². The topological polar surface area (TPSA) is 92.8 Å². The summed E-state index contributed by atoms with van der Waals surface area (Å²) in [5.74, 6) is 0.846. The van der Waals surface area contributed by atoms with Crippen LogP contribution in [0.25, 0.3) is 0 Å². The van der Waals surface area contributed by atoms with E-state index < -0.39 is 20.0 Å². The van der Waals surface area contributed by atoms with E-state index in [4.69, 9.17) is 4.74 Å². The van der Waals surface area contributed by atoms with Crippen molar-refractivity contribution >= 4 is 20.0 Å². The highest BCUT2D eigenvalue weighted by Crippen LogP contribution is 2.33. The number of nitrogens with zero attached hydrogens (tertiary/aromatic N) is 1. The number of benzene rings is 1. The molecule has 0 atom stereocenters. The number of hydrogen-bond acceptors (Lipinski definition) is 5. The maximum Gasteiger partial charge on any atom is 0.240 e. The Labute approximate surface area is 168 Å². The van der Waals surface area contributed by atoms with Gasteiger partial charge in [0.1, 0.15) is 5.75 Å². The Kier molecular flexibility index (Phi) is 6.69. The molecule has 0 amide bonds. The Balaban J connectivity index is 1.53. The molecule has 7 nitrogen and oxygen atoms in total. The predicted octanol–water partition coefficient (Wildman–Crippen LogP) is 2.27. The smallest absolute Gasteiger partial charge is 0.240 e. The molecule has 1 aromatic rings. The normalized spacial score (nSPS) is 19.6. The van der Waals surface area contributed by atoms with E-state index in [-0.39, 0.29) is 16.1 Å². The molecule has 3 rings (SSSR count). The minimum absolute atomic E-state index is 0.147. The average molecular weight is 431 g/mol. The lowest BCUT2D eigenvalue weighted by molar-refractivity contribution is 0.274. The molecule has 1 aliphatic heterocycles. The van der Waals surface area contributed by atoms with Crippen LogP contribution in [0.2, 0.25) is 0 Å². The van der Waals surface area contributed by atoms with Gasteiger partial charge in [-0.1, -0.05) is 6.92 Å². The molecule has 0 radical (unpaired) electrons. The van der Waals surface area contributed by atoms with Crippen molar-refractivity contribution in [2.75, 3.05) is 26.2 Å². The molecule has 0 unspecified atom stereocenters. The van der Waals surface area contributed by atoms with Gasteiger partial charge in [0.05, 0.1) is 16.8 Å². The van der Waals surface area contributed by atoms with Crippen molar-refractivity contribution in [2.24, 2.45) is 5.92 Å². The van der Waals surface area contributed by atoms with E-state index in [2.05, 4.69) is 4.72 Å². The van der Waals surface area contributed by atoms with Crippen LogP contribution in [0.3, 0.4) is 0 Å². The number of nitrogens with one attached hydrogen (secondary N) is 1. The van der Waals surface area contributed by atoms with Gasteiger partial charge in [-0.25, -0.2) is 25.9 Å². The molecule has 2 aliphatic rings. The van der Waals surface area contributed by atoms with Crippen molar-refractivity contribution in [3.63, 3.8) is 0 Å². The van der Waals surface area contributed by atoms with Crippen LogP contribution < -0.4 is 9.46 Å². The van der Waals surface area contributed by atoms with Gasteiger partial charge in [0.2, 0.25) is 20.0 Å². The highest BCUT2D eigenvalue weighted by atomic mass is 32.2. The summed E-state index contributed by atoms with van der Waals surface area (Å²) >= 11 is 0. The molecule has 2 fully saturated rings. The standard InChI is InChI=1S/C19H30N2O5S2/c1-3-12-26-19-7-6-18(13-15(19)2)27(22,23)20-14-16-8-10-21(11-9-16)28(24,25)17-4-5-17/h6-7,13,16-17,20H,3-5,8-12,14H2,1-2H3. The zero-order chi connectivity index (χ0) is 20.4. The molecule has 1 N–H and O–H groups in total. The second-order valence-electron chi connectivity index (χ2n) is 7.71. The summed E-state index contributed by atoms with van der Waals surface area (Å²) in [6.45, 7) is 5.73. The fourth-order valence-electron chi connectivity index (χ4n) is 3.42. The Morgan fingerprint density at radius 3 is 2.36 bits per heavy atom. The largest absolute Gasteiger partial charge is 0.493 e. The molecular formula is C19H30N2O5S2. The van der Waals surface area contributed by atoms with Crippen LogP contribution in [0.1, 0.15) is 44.6 Å². The third kappa shape index (κ3) is 5.06. The molecule has 1 heterocycles. The maximum atomic E-state index is 12.6. The molecule has 158 valence electrons. The van der Waals surface area contributed by atoms with E-state index in [0.717, 1.165) is 24.8 Å². The summed E-state index contributed by atoms with van der Waals surface area (Å²) in [6, 6.07) is 4.88. The van der Waals surface area contributed by atoms with Crippen LogP contribution in [0.5, 0.6) is 5.75 Å². The van der Waals surface area contributed by atoms with Crippen LogP contribution in [0.15, 0.2) is 23.1 Å². The molecule has 0 aromatic heterocycles. The van der Waals surface area contributed by atoms with Gasteiger partial charge in [-0.3, -0.25) is 0 Å². The van der Waals surface area contributed by atoms with Gasteiger partial charge in [-0.15, -0.1) is 0 Å². The Morgan fingerprint density at radius 2 is 1.79 bits per heavy atom. The molecule has 28 heavy (non-hydrogen) atoms. The van der Waals surface area contributed by atoms with Gasteiger partial charge >= 0.3 is 0 Å². The second kappa shape index (κ2) is 8.69. The molecule has 0 bridgehead atoms. The molecule has 1 aliphatic carbocycles. The van der Waals surface area contributed by atoms with E-state index >= 15 is 0 Å². The van der Waals surface area contributed by atoms with Gasteiger partial charge in [-0.05, 0) is 68.7 Å². The van der Waals surface area contributed by atoms with Gasteiger partial charge in [0, 0.05) is 19.6 Å². The minimum atomic E-state index is -3.60. The number of sulfonamides is 2. The number of ether oxygens (including phenoxy) is 1. The molecule has 9 heteroatoms. The minimum Gasteiger partial charge on any atom is -0.493 e. The molecule has 0 spiro atoms. The van der Waals surface area contributed by atoms with Crippen LogP contribution in [-0.2, 0) is 20.0 Å². The zero-order valence-corrected chi connectivity index (χ0v) is 18.2. The zero-order valence-electron chi connectivity index (χ0n) is 16.6. The lowest BCUT2D eigenvalue weighted by Crippen LogP contribution is -2.42. The highest BCUT2D eigenvalue weighted by Gasteiger charge is 2.41. The number of piperidine rings is 1. The van der Waals surface area contributed by atoms with Crippen molar-refractivity contribution in [3.05, 3.63) is 23.8 Å². The van der Waals surface area contributed by atoms with Gasteiger partial charge in [-0.2, -0.15) is 0 Å². The molecule has 1 saturated carbocycles. The second-order valence-corrected chi connectivity index (χ2v) is 11.7. The Hall–Kier alpha value is -1.16. The van der Waals surface area contributed by atoms with Crippen LogP contribution in [0, 0.1) is 12.8 Å². The summed E-state index contributed by atoms with van der Waals surface area (Å²) in [5.41, 5.74) is 0.787. The summed E-state index contributed by atoms with van der Waals surface area (Å²) in [7, 11) is -6.73. The van der Waals surface area contributed by atoms with Crippen LogP contribution >= 0.6 is 0 Å². The Morgan fingerprint density at radius 1 is 1.11 bits per heavy atom. The number of aryl methyl sites for hydroxylation is 1. The van der Waals surface area contributed by atoms with E-state index in [9.17, 15) is 16.8 Å². The SMILES string of the molecule is CCCOc1ccc(S(=O)(=O)NCC2CCN(S(=O)(=O)C3CC3)CC2)cc1C. The summed E-state index contributed by atoms with van der Waals surface area (Å²) in [5, 5.41) is -0.185. The van der Waals surface area contributed by atoms with Crippen molar-refractivity contribution in [3.8, 4) is 5.75 Å². The first-order chi connectivity index (χ1) is 13.2. The van der Waals surface area contributed by atoms with Crippen molar-refractivity contribution < 1.29 is 21.6 Å². The average Bonchev–Trinajstić information content (AvgIpc) is 3.51. The molecule has 1 aromatic carbocycles. The van der Waals surface area contributed by atoms with Crippen molar-refractivity contribution in [1.29, 1.82) is 0 Å². The monoisotopic (exact) mass is 430 g/mol. The number of hydrogen-bond donors (Lipinski definition) is 1. The fourth-order valence-corrected chi connectivity index (χ4v) is 6.49. The summed E-state index contributed by atoms with van der Waals surface area (Å²) < 4.78 is 59.7. The third-order valence-electron chi connectivity index (χ3n) is 5.36. The van der Waals surface area contributed by atoms with E-state index in [1.165, 1.54) is 0 Å². The quantitative estimate of drug-likeness (QED) is 0.649. The highest BCUT2D eigenvalue weighted by molar-refractivity contribution is 7.90. The van der Waals surface area contributed by atoms with Gasteiger partial charge in [0.15, 0.2) is 0 Å². The first-order valence-corrected chi connectivity index (χ1v) is 12.9. The van der Waals surface area contributed by atoms with Crippen LogP contribution in [-0.4, -0.2) is 52.6 Å². The lowest BCUT2D eigenvalue weighted by Gasteiger charge is -2.31. The lowest BCUT2D eigenvalue weighted by atomic mass is 9.99. The van der Waals surface area contributed by atoms with E-state index in [1.54, 1.807) is 22.5 Å². The van der Waals surface area contributed by atoms with Crippen molar-refractivity contribution in [1.82, 2.24) is 9.03 Å². The van der Waals surface area contributed by atoms with E-state index in [1.807, 2.05) is 13.8 Å². The molecule has 1 saturated heterocycles. The van der Waals surface area contributed by atoms with E-state index in [0.29, 0.717) is 44.8 Å². The number of rotatable bonds is 9. The van der Waals surface area contributed by atoms with Crippen LogP contribution in [0.4, 0.5) is 0 Å². The summed E-state index contributed by atoms with van der Waals surface area (Å²) in [6.07, 6.45) is 3.78. The fraction of sp³-hybridized carbons (Fsp3) is 0.684.